The summed E-state index contributed by atoms with van der Waals surface area (Å²) in [6.07, 6.45) is 2.14. The molecular formula is C12H19N3O2S. The van der Waals surface area contributed by atoms with Gasteiger partial charge in [-0.15, -0.1) is 11.3 Å². The molecule has 0 fully saturated rings. The number of amides is 1. The van der Waals surface area contributed by atoms with E-state index < -0.39 is 0 Å². The van der Waals surface area contributed by atoms with E-state index in [1.807, 2.05) is 6.92 Å². The predicted octanol–water partition coefficient (Wildman–Crippen LogP) is 1.29. The van der Waals surface area contributed by atoms with Crippen molar-refractivity contribution in [3.8, 4) is 0 Å². The van der Waals surface area contributed by atoms with Gasteiger partial charge in [0.15, 0.2) is 5.01 Å². The van der Waals surface area contributed by atoms with E-state index in [0.717, 1.165) is 31.7 Å². The lowest BCUT2D eigenvalue weighted by Gasteiger charge is -2.26. The van der Waals surface area contributed by atoms with Crippen molar-refractivity contribution >= 4 is 23.1 Å². The van der Waals surface area contributed by atoms with Crippen LogP contribution in [0.25, 0.3) is 0 Å². The van der Waals surface area contributed by atoms with Crippen LogP contribution in [0.2, 0.25) is 0 Å². The molecule has 1 aliphatic heterocycles. The van der Waals surface area contributed by atoms with Crippen LogP contribution >= 0.6 is 11.3 Å². The molecule has 2 rings (SSSR count). The number of aryl methyl sites for hydroxylation is 1. The zero-order valence-electron chi connectivity index (χ0n) is 10.9. The first-order chi connectivity index (χ1) is 8.76. The van der Waals surface area contributed by atoms with Crippen LogP contribution in [0.4, 0.5) is 5.82 Å². The molecular weight excluding hydrogens is 250 g/mol. The van der Waals surface area contributed by atoms with Crippen molar-refractivity contribution in [2.24, 2.45) is 0 Å². The normalized spacial score (nSPS) is 14.4. The Morgan fingerprint density at radius 3 is 3.17 bits per heavy atom. The second-order valence-electron chi connectivity index (χ2n) is 4.21. The standard InChI is InChI=1S/C12H19N3O2S/c1-3-13-11(16)12-14-10-9(18-12)5-4-6-15(10)7-8-17-2/h3-8H2,1-2H3,(H,13,16). The third kappa shape index (κ3) is 2.81. The van der Waals surface area contributed by atoms with Crippen molar-refractivity contribution in [2.45, 2.75) is 19.8 Å². The Hall–Kier alpha value is -1.14. The lowest BCUT2D eigenvalue weighted by molar-refractivity contribution is 0.0955. The Labute approximate surface area is 111 Å². The number of ether oxygens (including phenoxy) is 1. The molecule has 5 nitrogen and oxygen atoms in total. The number of thiazole rings is 1. The molecule has 0 bridgehead atoms. The molecule has 1 aromatic heterocycles. The van der Waals surface area contributed by atoms with Gasteiger partial charge < -0.3 is 15.0 Å². The number of nitrogens with zero attached hydrogens (tertiary/aromatic N) is 2. The summed E-state index contributed by atoms with van der Waals surface area (Å²) in [6.45, 7) is 5.07. The smallest absolute Gasteiger partial charge is 0.280 e. The number of aromatic nitrogens is 1. The molecule has 0 aliphatic carbocycles. The predicted molar refractivity (Wildman–Crippen MR) is 72.5 cm³/mol. The van der Waals surface area contributed by atoms with Gasteiger partial charge in [-0.1, -0.05) is 0 Å². The van der Waals surface area contributed by atoms with Gasteiger partial charge in [0.1, 0.15) is 5.82 Å². The molecule has 6 heteroatoms. The van der Waals surface area contributed by atoms with Gasteiger partial charge in [0.2, 0.25) is 0 Å². The van der Waals surface area contributed by atoms with Gasteiger partial charge in [-0.05, 0) is 19.8 Å². The van der Waals surface area contributed by atoms with E-state index in [4.69, 9.17) is 4.74 Å². The van der Waals surface area contributed by atoms with Crippen molar-refractivity contribution in [2.75, 3.05) is 38.3 Å². The second-order valence-corrected chi connectivity index (χ2v) is 5.29. The lowest BCUT2D eigenvalue weighted by Crippen LogP contribution is -2.32. The Kier molecular flexibility index (Phi) is 4.54. The fourth-order valence-corrected chi connectivity index (χ4v) is 3.09. The van der Waals surface area contributed by atoms with Crippen LogP contribution in [0.15, 0.2) is 0 Å². The number of methoxy groups -OCH3 is 1. The molecule has 0 atom stereocenters. The number of hydrogen-bond acceptors (Lipinski definition) is 5. The Balaban J connectivity index is 2.15. The first kappa shape index (κ1) is 13.3. The highest BCUT2D eigenvalue weighted by Gasteiger charge is 2.23. The first-order valence-electron chi connectivity index (χ1n) is 6.28. The number of hydrogen-bond donors (Lipinski definition) is 1. The summed E-state index contributed by atoms with van der Waals surface area (Å²) in [6, 6.07) is 0. The second kappa shape index (κ2) is 6.15. The van der Waals surface area contributed by atoms with Crippen molar-refractivity contribution in [1.29, 1.82) is 0 Å². The number of carbonyl (C=O) groups is 1. The quantitative estimate of drug-likeness (QED) is 0.875. The number of anilines is 1. The summed E-state index contributed by atoms with van der Waals surface area (Å²) in [7, 11) is 1.70. The Morgan fingerprint density at radius 2 is 2.44 bits per heavy atom. The topological polar surface area (TPSA) is 54.5 Å². The number of nitrogens with one attached hydrogen (secondary N) is 1. The molecule has 18 heavy (non-hydrogen) atoms. The van der Waals surface area contributed by atoms with Gasteiger partial charge in [-0.2, -0.15) is 0 Å². The average Bonchev–Trinajstić information content (AvgIpc) is 2.81. The van der Waals surface area contributed by atoms with Crippen molar-refractivity contribution in [1.82, 2.24) is 10.3 Å². The van der Waals surface area contributed by atoms with Crippen molar-refractivity contribution in [3.63, 3.8) is 0 Å². The van der Waals surface area contributed by atoms with Crippen LogP contribution in [-0.4, -0.2) is 44.2 Å². The summed E-state index contributed by atoms with van der Waals surface area (Å²) >= 11 is 1.51. The minimum absolute atomic E-state index is 0.0661. The van der Waals surface area contributed by atoms with E-state index in [1.165, 1.54) is 16.2 Å². The molecule has 0 saturated heterocycles. The minimum Gasteiger partial charge on any atom is -0.383 e. The largest absolute Gasteiger partial charge is 0.383 e. The number of fused-ring (bicyclic) bond motifs is 1. The fraction of sp³-hybridized carbons (Fsp3) is 0.667. The van der Waals surface area contributed by atoms with E-state index in [0.29, 0.717) is 18.2 Å². The van der Waals surface area contributed by atoms with Gasteiger partial charge in [-0.3, -0.25) is 4.79 Å². The molecule has 0 saturated carbocycles. The van der Waals surface area contributed by atoms with Crippen LogP contribution in [-0.2, 0) is 11.2 Å². The molecule has 1 N–H and O–H groups in total. The summed E-state index contributed by atoms with van der Waals surface area (Å²) in [5, 5.41) is 3.37. The number of rotatable bonds is 5. The van der Waals surface area contributed by atoms with E-state index in [-0.39, 0.29) is 5.91 Å². The molecule has 100 valence electrons. The highest BCUT2D eigenvalue weighted by molar-refractivity contribution is 7.14. The monoisotopic (exact) mass is 269 g/mol. The molecule has 1 amide bonds. The summed E-state index contributed by atoms with van der Waals surface area (Å²) in [5.74, 6) is 0.910. The van der Waals surface area contributed by atoms with Crippen LogP contribution in [0.1, 0.15) is 28.0 Å². The lowest BCUT2D eigenvalue weighted by atomic mass is 10.2. The van der Waals surface area contributed by atoms with Crippen LogP contribution in [0.3, 0.4) is 0 Å². The Morgan fingerprint density at radius 1 is 1.61 bits per heavy atom. The summed E-state index contributed by atoms with van der Waals surface area (Å²) < 4.78 is 5.11. The maximum absolute atomic E-state index is 11.8. The van der Waals surface area contributed by atoms with E-state index in [1.54, 1.807) is 7.11 Å². The van der Waals surface area contributed by atoms with E-state index >= 15 is 0 Å². The zero-order chi connectivity index (χ0) is 13.0. The van der Waals surface area contributed by atoms with Crippen molar-refractivity contribution < 1.29 is 9.53 Å². The molecule has 0 unspecified atom stereocenters. The molecule has 0 aromatic carbocycles. The van der Waals surface area contributed by atoms with Gasteiger partial charge >= 0.3 is 0 Å². The SMILES string of the molecule is CCNC(=O)c1nc2c(s1)CCCN2CCOC. The molecule has 0 radical (unpaired) electrons. The van der Waals surface area contributed by atoms with Crippen molar-refractivity contribution in [3.05, 3.63) is 9.88 Å². The maximum Gasteiger partial charge on any atom is 0.280 e. The molecule has 0 spiro atoms. The van der Waals surface area contributed by atoms with Gasteiger partial charge in [-0.25, -0.2) is 4.98 Å². The average molecular weight is 269 g/mol. The first-order valence-corrected chi connectivity index (χ1v) is 7.09. The van der Waals surface area contributed by atoms with Gasteiger partial charge in [0.05, 0.1) is 6.61 Å². The fourth-order valence-electron chi connectivity index (χ4n) is 2.04. The Bertz CT molecular complexity index is 419. The summed E-state index contributed by atoms with van der Waals surface area (Å²) in [5.41, 5.74) is 0. The third-order valence-electron chi connectivity index (χ3n) is 2.91. The highest BCUT2D eigenvalue weighted by Crippen LogP contribution is 2.31. The third-order valence-corrected chi connectivity index (χ3v) is 4.01. The highest BCUT2D eigenvalue weighted by atomic mass is 32.1. The maximum atomic E-state index is 11.8. The van der Waals surface area contributed by atoms with E-state index in [9.17, 15) is 4.79 Å². The minimum atomic E-state index is -0.0661. The van der Waals surface area contributed by atoms with Crippen LogP contribution in [0, 0.1) is 0 Å². The van der Waals surface area contributed by atoms with E-state index in [2.05, 4.69) is 15.2 Å². The molecule has 2 heterocycles. The summed E-state index contributed by atoms with van der Waals surface area (Å²) in [4.78, 5) is 19.7. The van der Waals surface area contributed by atoms with Gasteiger partial charge in [0, 0.05) is 31.6 Å². The molecule has 1 aromatic rings. The van der Waals surface area contributed by atoms with Gasteiger partial charge in [0.25, 0.3) is 5.91 Å². The molecule has 1 aliphatic rings. The van der Waals surface area contributed by atoms with Crippen LogP contribution < -0.4 is 10.2 Å². The number of carbonyl (C=O) groups excluding carboxylic acids is 1. The zero-order valence-corrected chi connectivity index (χ0v) is 11.7. The van der Waals surface area contributed by atoms with Crippen LogP contribution in [0.5, 0.6) is 0 Å².